The lowest BCUT2D eigenvalue weighted by molar-refractivity contribution is 0.102. The summed E-state index contributed by atoms with van der Waals surface area (Å²) in [6.07, 6.45) is 4.35. The van der Waals surface area contributed by atoms with E-state index in [1.165, 1.54) is 18.7 Å². The second kappa shape index (κ2) is 5.42. The van der Waals surface area contributed by atoms with Gasteiger partial charge in [0.05, 0.1) is 23.1 Å². The fraction of sp³-hybridized carbons (Fsp3) is 0.0909. The van der Waals surface area contributed by atoms with Crippen LogP contribution in [-0.2, 0) is 0 Å². The zero-order chi connectivity index (χ0) is 13.0. The molecule has 18 heavy (non-hydrogen) atoms. The fourth-order valence-corrected chi connectivity index (χ4v) is 1.49. The number of amides is 1. The SMILES string of the molecule is CNc1ccc(Cl)c(C(=O)Nc2cncnc2)n1. The number of carbonyl (C=O) groups excluding carboxylic acids is 1. The maximum absolute atomic E-state index is 12.0. The molecule has 0 saturated heterocycles. The highest BCUT2D eigenvalue weighted by Gasteiger charge is 2.13. The smallest absolute Gasteiger partial charge is 0.275 e. The number of anilines is 2. The molecule has 0 fully saturated rings. The maximum atomic E-state index is 12.0. The Morgan fingerprint density at radius 2 is 2.00 bits per heavy atom. The van der Waals surface area contributed by atoms with Gasteiger partial charge in [0.1, 0.15) is 17.8 Å². The molecule has 0 aliphatic heterocycles. The quantitative estimate of drug-likeness (QED) is 0.883. The lowest BCUT2D eigenvalue weighted by Crippen LogP contribution is -2.15. The van der Waals surface area contributed by atoms with Gasteiger partial charge in [-0.15, -0.1) is 0 Å². The van der Waals surface area contributed by atoms with Gasteiger partial charge in [0, 0.05) is 7.05 Å². The topological polar surface area (TPSA) is 79.8 Å². The third kappa shape index (κ3) is 2.72. The highest BCUT2D eigenvalue weighted by atomic mass is 35.5. The molecule has 2 aromatic rings. The third-order valence-corrected chi connectivity index (χ3v) is 2.44. The zero-order valence-corrected chi connectivity index (χ0v) is 10.3. The summed E-state index contributed by atoms with van der Waals surface area (Å²) in [5, 5.41) is 5.73. The molecule has 0 atom stereocenters. The Labute approximate surface area is 108 Å². The normalized spacial score (nSPS) is 9.89. The molecule has 1 amide bonds. The number of hydrogen-bond acceptors (Lipinski definition) is 5. The summed E-state index contributed by atoms with van der Waals surface area (Å²) in [5.41, 5.74) is 0.627. The van der Waals surface area contributed by atoms with Crippen molar-refractivity contribution in [1.82, 2.24) is 15.0 Å². The van der Waals surface area contributed by atoms with Crippen molar-refractivity contribution in [3.05, 3.63) is 41.6 Å². The van der Waals surface area contributed by atoms with Crippen LogP contribution in [0, 0.1) is 0 Å². The monoisotopic (exact) mass is 263 g/mol. The van der Waals surface area contributed by atoms with Crippen molar-refractivity contribution in [3.63, 3.8) is 0 Å². The van der Waals surface area contributed by atoms with Gasteiger partial charge < -0.3 is 10.6 Å². The van der Waals surface area contributed by atoms with Gasteiger partial charge in [-0.2, -0.15) is 0 Å². The second-order valence-corrected chi connectivity index (χ2v) is 3.77. The Balaban J connectivity index is 2.23. The van der Waals surface area contributed by atoms with Gasteiger partial charge in [-0.25, -0.2) is 15.0 Å². The van der Waals surface area contributed by atoms with E-state index in [2.05, 4.69) is 25.6 Å². The van der Waals surface area contributed by atoms with Crippen LogP contribution in [0.4, 0.5) is 11.5 Å². The number of nitrogens with zero attached hydrogens (tertiary/aromatic N) is 3. The van der Waals surface area contributed by atoms with Gasteiger partial charge in [-0.05, 0) is 12.1 Å². The first-order valence-corrected chi connectivity index (χ1v) is 5.49. The van der Waals surface area contributed by atoms with Gasteiger partial charge in [0.15, 0.2) is 0 Å². The first-order valence-electron chi connectivity index (χ1n) is 5.11. The van der Waals surface area contributed by atoms with Gasteiger partial charge in [-0.3, -0.25) is 4.79 Å². The van der Waals surface area contributed by atoms with Crippen molar-refractivity contribution in [1.29, 1.82) is 0 Å². The van der Waals surface area contributed by atoms with E-state index in [0.29, 0.717) is 11.5 Å². The van der Waals surface area contributed by atoms with Crippen LogP contribution in [0.1, 0.15) is 10.5 Å². The van der Waals surface area contributed by atoms with Crippen LogP contribution < -0.4 is 10.6 Å². The minimum atomic E-state index is -0.410. The number of aromatic nitrogens is 3. The van der Waals surface area contributed by atoms with Crippen molar-refractivity contribution >= 4 is 29.0 Å². The minimum Gasteiger partial charge on any atom is -0.373 e. The Bertz CT molecular complexity index is 561. The summed E-state index contributed by atoms with van der Waals surface area (Å²) >= 11 is 5.93. The van der Waals surface area contributed by atoms with E-state index >= 15 is 0 Å². The molecule has 0 radical (unpaired) electrons. The average Bonchev–Trinajstić information content (AvgIpc) is 2.40. The number of carbonyl (C=O) groups is 1. The number of rotatable bonds is 3. The molecule has 2 N–H and O–H groups in total. The first-order chi connectivity index (χ1) is 8.70. The molecule has 2 rings (SSSR count). The summed E-state index contributed by atoms with van der Waals surface area (Å²) in [4.78, 5) is 23.6. The molecule has 6 nitrogen and oxygen atoms in total. The van der Waals surface area contributed by atoms with Crippen molar-refractivity contribution in [2.45, 2.75) is 0 Å². The van der Waals surface area contributed by atoms with Crippen molar-refractivity contribution in [3.8, 4) is 0 Å². The standard InChI is InChI=1S/C11H10ClN5O/c1-13-9-3-2-8(12)10(17-9)11(18)16-7-4-14-6-15-5-7/h2-6H,1H3,(H,13,17)(H,16,18). The van der Waals surface area contributed by atoms with Crippen LogP contribution in [0.15, 0.2) is 30.9 Å². The largest absolute Gasteiger partial charge is 0.373 e. The van der Waals surface area contributed by atoms with Gasteiger partial charge in [0.2, 0.25) is 0 Å². The van der Waals surface area contributed by atoms with Crippen LogP contribution in [0.25, 0.3) is 0 Å². The summed E-state index contributed by atoms with van der Waals surface area (Å²) in [6.45, 7) is 0. The molecule has 92 valence electrons. The lowest BCUT2D eigenvalue weighted by Gasteiger charge is -2.07. The number of halogens is 1. The molecule has 0 saturated carbocycles. The first kappa shape index (κ1) is 12.3. The fourth-order valence-electron chi connectivity index (χ4n) is 1.29. The van der Waals surface area contributed by atoms with Crippen molar-refractivity contribution < 1.29 is 4.79 Å². The summed E-state index contributed by atoms with van der Waals surface area (Å²) in [6, 6.07) is 3.29. The van der Waals surface area contributed by atoms with E-state index in [9.17, 15) is 4.79 Å². The Hall–Kier alpha value is -2.21. The molecule has 2 heterocycles. The molecule has 0 unspecified atom stereocenters. The molecule has 0 aliphatic rings. The molecular formula is C11H10ClN5O. The maximum Gasteiger partial charge on any atom is 0.275 e. The highest BCUT2D eigenvalue weighted by molar-refractivity contribution is 6.34. The molecule has 0 spiro atoms. The van der Waals surface area contributed by atoms with E-state index in [1.807, 2.05) is 0 Å². The molecule has 7 heteroatoms. The van der Waals surface area contributed by atoms with Crippen molar-refractivity contribution in [2.75, 3.05) is 17.7 Å². The molecule has 0 aromatic carbocycles. The Morgan fingerprint density at radius 3 is 2.67 bits per heavy atom. The van der Waals surface area contributed by atoms with E-state index in [-0.39, 0.29) is 10.7 Å². The van der Waals surface area contributed by atoms with E-state index in [0.717, 1.165) is 0 Å². The number of hydrogen-bond donors (Lipinski definition) is 2. The lowest BCUT2D eigenvalue weighted by atomic mass is 10.3. The van der Waals surface area contributed by atoms with Crippen LogP contribution in [0.5, 0.6) is 0 Å². The predicted molar refractivity (Wildman–Crippen MR) is 68.8 cm³/mol. The van der Waals surface area contributed by atoms with E-state index < -0.39 is 5.91 Å². The predicted octanol–water partition coefficient (Wildman–Crippen LogP) is 1.82. The second-order valence-electron chi connectivity index (χ2n) is 3.36. The highest BCUT2D eigenvalue weighted by Crippen LogP contribution is 2.17. The van der Waals surface area contributed by atoms with Gasteiger partial charge in [-0.1, -0.05) is 11.6 Å². The van der Waals surface area contributed by atoms with E-state index in [1.54, 1.807) is 19.2 Å². The minimum absolute atomic E-state index is 0.146. The Kier molecular flexibility index (Phi) is 3.69. The van der Waals surface area contributed by atoms with Gasteiger partial charge in [0.25, 0.3) is 5.91 Å². The number of pyridine rings is 1. The Morgan fingerprint density at radius 1 is 1.28 bits per heavy atom. The van der Waals surface area contributed by atoms with Gasteiger partial charge >= 0.3 is 0 Å². The molecule has 0 aliphatic carbocycles. The third-order valence-electron chi connectivity index (χ3n) is 2.14. The van der Waals surface area contributed by atoms with Crippen LogP contribution in [0.2, 0.25) is 5.02 Å². The number of nitrogens with one attached hydrogen (secondary N) is 2. The van der Waals surface area contributed by atoms with Crippen LogP contribution >= 0.6 is 11.6 Å². The van der Waals surface area contributed by atoms with Crippen molar-refractivity contribution in [2.24, 2.45) is 0 Å². The van der Waals surface area contributed by atoms with E-state index in [4.69, 9.17) is 11.6 Å². The summed E-state index contributed by atoms with van der Waals surface area (Å²) in [5.74, 6) is 0.153. The summed E-state index contributed by atoms with van der Waals surface area (Å²) < 4.78 is 0. The van der Waals surface area contributed by atoms with Crippen LogP contribution in [-0.4, -0.2) is 27.9 Å². The molecular weight excluding hydrogens is 254 g/mol. The van der Waals surface area contributed by atoms with Crippen LogP contribution in [0.3, 0.4) is 0 Å². The average molecular weight is 264 g/mol. The zero-order valence-electron chi connectivity index (χ0n) is 9.51. The summed E-state index contributed by atoms with van der Waals surface area (Å²) in [7, 11) is 1.71. The molecule has 0 bridgehead atoms. The molecule has 2 aromatic heterocycles.